The largest absolute Gasteiger partial charge is 0.416 e. The molecule has 0 radical (unpaired) electrons. The highest BCUT2D eigenvalue weighted by Gasteiger charge is 2.35. The Hall–Kier alpha value is -2.48. The van der Waals surface area contributed by atoms with Gasteiger partial charge >= 0.3 is 6.18 Å². The number of hydrogen-bond donors (Lipinski definition) is 0. The molecule has 8 heteroatoms. The average molecular weight is 517 g/mol. The predicted octanol–water partition coefficient (Wildman–Crippen LogP) is 7.26. The minimum atomic E-state index is -4.42. The van der Waals surface area contributed by atoms with Crippen molar-refractivity contribution in [2.75, 3.05) is 24.5 Å². The minimum Gasteiger partial charge on any atom is -0.338 e. The van der Waals surface area contributed by atoms with Gasteiger partial charge in [0.15, 0.2) is 5.78 Å². The summed E-state index contributed by atoms with van der Waals surface area (Å²) in [4.78, 5) is 19.2. The molecule has 3 aromatic carbocycles. The summed E-state index contributed by atoms with van der Waals surface area (Å²) >= 11 is 7.93. The molecule has 0 saturated carbocycles. The first kappa shape index (κ1) is 24.2. The van der Waals surface area contributed by atoms with Gasteiger partial charge in [-0.2, -0.15) is 13.2 Å². The number of halogens is 4. The van der Waals surface area contributed by atoms with Gasteiger partial charge in [-0.3, -0.25) is 9.69 Å². The van der Waals surface area contributed by atoms with E-state index in [0.29, 0.717) is 37.3 Å². The third kappa shape index (κ3) is 5.08. The van der Waals surface area contributed by atoms with Crippen molar-refractivity contribution in [2.24, 2.45) is 0 Å². The van der Waals surface area contributed by atoms with Crippen molar-refractivity contribution in [1.82, 2.24) is 4.90 Å². The average Bonchev–Trinajstić information content (AvgIpc) is 2.86. The topological polar surface area (TPSA) is 23.6 Å². The summed E-state index contributed by atoms with van der Waals surface area (Å²) in [6.45, 7) is 1.65. The van der Waals surface area contributed by atoms with E-state index in [0.717, 1.165) is 28.0 Å². The van der Waals surface area contributed by atoms with Gasteiger partial charge in [0.05, 0.1) is 23.0 Å². The molecule has 3 aromatic rings. The van der Waals surface area contributed by atoms with Crippen LogP contribution >= 0.6 is 23.4 Å². The van der Waals surface area contributed by atoms with Crippen LogP contribution in [-0.2, 0) is 6.18 Å². The highest BCUT2D eigenvalue weighted by molar-refractivity contribution is 7.99. The van der Waals surface area contributed by atoms with E-state index in [1.165, 1.54) is 17.8 Å². The van der Waals surface area contributed by atoms with Crippen LogP contribution in [0.4, 0.5) is 24.5 Å². The molecule has 1 fully saturated rings. The van der Waals surface area contributed by atoms with Gasteiger partial charge in [0.25, 0.3) is 0 Å². The molecule has 2 aliphatic rings. The molecular formula is C27H24ClF3N2OS. The lowest BCUT2D eigenvalue weighted by Crippen LogP contribution is -2.50. The molecule has 2 unspecified atom stereocenters. The van der Waals surface area contributed by atoms with Crippen molar-refractivity contribution in [3.63, 3.8) is 0 Å². The molecule has 2 atom stereocenters. The number of piperidine rings is 1. The summed E-state index contributed by atoms with van der Waals surface area (Å²) in [7, 11) is 0. The van der Waals surface area contributed by atoms with E-state index in [2.05, 4.69) is 4.90 Å². The number of nitrogens with zero attached hydrogens (tertiary/aromatic N) is 2. The zero-order valence-electron chi connectivity index (χ0n) is 18.8. The Morgan fingerprint density at radius 2 is 1.66 bits per heavy atom. The monoisotopic (exact) mass is 516 g/mol. The molecule has 0 N–H and O–H groups in total. The Morgan fingerprint density at radius 1 is 0.943 bits per heavy atom. The van der Waals surface area contributed by atoms with Gasteiger partial charge in [0.2, 0.25) is 0 Å². The maximum absolute atomic E-state index is 13.5. The van der Waals surface area contributed by atoms with Crippen molar-refractivity contribution in [1.29, 1.82) is 0 Å². The van der Waals surface area contributed by atoms with Gasteiger partial charge in [-0.1, -0.05) is 54.2 Å². The molecule has 35 heavy (non-hydrogen) atoms. The van der Waals surface area contributed by atoms with E-state index in [-0.39, 0.29) is 17.2 Å². The van der Waals surface area contributed by atoms with Crippen LogP contribution in [-0.4, -0.2) is 41.7 Å². The summed E-state index contributed by atoms with van der Waals surface area (Å²) in [6, 6.07) is 20.5. The van der Waals surface area contributed by atoms with Crippen LogP contribution in [0.5, 0.6) is 0 Å². The summed E-state index contributed by atoms with van der Waals surface area (Å²) in [5.41, 5.74) is 1.40. The second-order valence-corrected chi connectivity index (χ2v) is 10.5. The van der Waals surface area contributed by atoms with Crippen LogP contribution in [0.15, 0.2) is 82.6 Å². The first-order valence-corrected chi connectivity index (χ1v) is 12.8. The Morgan fingerprint density at radius 3 is 2.43 bits per heavy atom. The fourth-order valence-electron chi connectivity index (χ4n) is 4.78. The van der Waals surface area contributed by atoms with Gasteiger partial charge in [-0.05, 0) is 43.2 Å². The van der Waals surface area contributed by atoms with E-state index in [9.17, 15) is 18.0 Å². The van der Waals surface area contributed by atoms with Gasteiger partial charge in [-0.15, -0.1) is 11.6 Å². The summed E-state index contributed by atoms with van der Waals surface area (Å²) in [5.74, 6) is 0.0327. The van der Waals surface area contributed by atoms with E-state index in [4.69, 9.17) is 11.6 Å². The van der Waals surface area contributed by atoms with Crippen molar-refractivity contribution in [3.05, 3.63) is 83.9 Å². The number of hydrogen-bond acceptors (Lipinski definition) is 4. The normalized spacial score (nSPS) is 20.3. The number of likely N-dealkylation sites (tertiary alicyclic amines) is 1. The zero-order valence-corrected chi connectivity index (χ0v) is 20.4. The Balaban J connectivity index is 1.44. The van der Waals surface area contributed by atoms with Gasteiger partial charge in [0, 0.05) is 40.4 Å². The van der Waals surface area contributed by atoms with E-state index < -0.39 is 11.7 Å². The lowest BCUT2D eigenvalue weighted by molar-refractivity contribution is -0.137. The standard InChI is InChI=1S/C27H24ClF3N2OS/c28-20-12-13-32(23(17-20)26(34)18-6-2-1-3-7-18)14-15-33-21-8-4-5-9-24(21)35-25-11-10-19(16-22(25)33)27(29,30)31/h1-11,16,20,23H,12-15,17H2. The number of alkyl halides is 4. The number of carbonyl (C=O) groups excluding carboxylic acids is 1. The first-order valence-electron chi connectivity index (χ1n) is 11.5. The summed E-state index contributed by atoms with van der Waals surface area (Å²) < 4.78 is 40.5. The SMILES string of the molecule is O=C(c1ccccc1)C1CC(Cl)CCN1CCN1c2ccccc2Sc2ccc(C(F)(F)F)cc21. The van der Waals surface area contributed by atoms with Gasteiger partial charge in [-0.25, -0.2) is 0 Å². The fourth-order valence-corrected chi connectivity index (χ4v) is 6.12. The van der Waals surface area contributed by atoms with E-state index >= 15 is 0 Å². The van der Waals surface area contributed by atoms with Crippen LogP contribution < -0.4 is 4.90 Å². The molecule has 2 heterocycles. The first-order chi connectivity index (χ1) is 16.8. The highest BCUT2D eigenvalue weighted by Crippen LogP contribution is 2.49. The van der Waals surface area contributed by atoms with Crippen molar-refractivity contribution >= 4 is 40.5 Å². The number of benzene rings is 3. The Labute approximate surface area is 211 Å². The van der Waals surface area contributed by atoms with Crippen LogP contribution in [0.25, 0.3) is 0 Å². The lowest BCUT2D eigenvalue weighted by Gasteiger charge is -2.39. The summed E-state index contributed by atoms with van der Waals surface area (Å²) in [6.07, 6.45) is -3.10. The van der Waals surface area contributed by atoms with E-state index in [1.807, 2.05) is 59.5 Å². The maximum atomic E-state index is 13.5. The number of Topliss-reactive ketones (excluding diaryl/α,β-unsaturated/α-hetero) is 1. The molecule has 0 spiro atoms. The van der Waals surface area contributed by atoms with E-state index in [1.54, 1.807) is 6.07 Å². The zero-order chi connectivity index (χ0) is 24.6. The van der Waals surface area contributed by atoms with Crippen molar-refractivity contribution < 1.29 is 18.0 Å². The van der Waals surface area contributed by atoms with Crippen LogP contribution in [0, 0.1) is 0 Å². The number of anilines is 2. The molecule has 0 amide bonds. The third-order valence-electron chi connectivity index (χ3n) is 6.57. The number of carbonyl (C=O) groups is 1. The number of para-hydroxylation sites is 1. The fraction of sp³-hybridized carbons (Fsp3) is 0.296. The highest BCUT2D eigenvalue weighted by atomic mass is 35.5. The van der Waals surface area contributed by atoms with Gasteiger partial charge < -0.3 is 4.90 Å². The Bertz CT molecular complexity index is 1220. The van der Waals surface area contributed by atoms with Crippen LogP contribution in [0.1, 0.15) is 28.8 Å². The van der Waals surface area contributed by atoms with Gasteiger partial charge in [0.1, 0.15) is 0 Å². The quantitative estimate of drug-likeness (QED) is 0.263. The second-order valence-electron chi connectivity index (χ2n) is 8.81. The number of fused-ring (bicyclic) bond motifs is 2. The third-order valence-corrected chi connectivity index (χ3v) is 8.10. The second kappa shape index (κ2) is 9.88. The lowest BCUT2D eigenvalue weighted by atomic mass is 9.94. The summed E-state index contributed by atoms with van der Waals surface area (Å²) in [5, 5.41) is -0.0777. The Kier molecular flexibility index (Phi) is 6.84. The molecular weight excluding hydrogens is 493 g/mol. The van der Waals surface area contributed by atoms with Crippen LogP contribution in [0.3, 0.4) is 0 Å². The molecule has 2 aliphatic heterocycles. The number of ketones is 1. The molecule has 0 bridgehead atoms. The molecule has 0 aromatic heterocycles. The molecule has 5 rings (SSSR count). The molecule has 0 aliphatic carbocycles. The van der Waals surface area contributed by atoms with Crippen LogP contribution in [0.2, 0.25) is 0 Å². The van der Waals surface area contributed by atoms with Crippen molar-refractivity contribution in [3.8, 4) is 0 Å². The number of rotatable bonds is 5. The predicted molar refractivity (Wildman–Crippen MR) is 134 cm³/mol. The van der Waals surface area contributed by atoms with Crippen molar-refractivity contribution in [2.45, 2.75) is 40.2 Å². The molecule has 3 nitrogen and oxygen atoms in total. The smallest absolute Gasteiger partial charge is 0.338 e. The molecule has 1 saturated heterocycles. The minimum absolute atomic E-state index is 0.0327. The molecule has 182 valence electrons. The maximum Gasteiger partial charge on any atom is 0.416 e.